The van der Waals surface area contributed by atoms with Crippen molar-refractivity contribution in [2.24, 2.45) is 5.92 Å². The van der Waals surface area contributed by atoms with Gasteiger partial charge in [0.05, 0.1) is 0 Å². The molecule has 0 bridgehead atoms. The van der Waals surface area contributed by atoms with E-state index in [1.54, 1.807) is 4.90 Å². The number of piperazine rings is 1. The second kappa shape index (κ2) is 4.31. The molecule has 0 aromatic heterocycles. The first kappa shape index (κ1) is 12.4. The normalized spacial score (nSPS) is 28.2. The monoisotopic (exact) mass is 238 g/mol. The van der Waals surface area contributed by atoms with Gasteiger partial charge < -0.3 is 10.2 Å². The molecule has 1 atom stereocenters. The molecule has 1 N–H and O–H groups in total. The third-order valence-electron chi connectivity index (χ3n) is 3.88. The number of nitrogens with zero attached hydrogens (tertiary/aromatic N) is 1. The highest BCUT2D eigenvalue weighted by Crippen LogP contribution is 2.36. The molecule has 4 nitrogen and oxygen atoms in total. The Bertz CT molecular complexity index is 334. The molecule has 4 heteroatoms. The van der Waals surface area contributed by atoms with Crippen molar-refractivity contribution >= 4 is 11.8 Å². The van der Waals surface area contributed by atoms with Crippen molar-refractivity contribution in [2.45, 2.75) is 58.0 Å². The molecule has 96 valence electrons. The van der Waals surface area contributed by atoms with Gasteiger partial charge in [0.15, 0.2) is 0 Å². The SMILES string of the molecule is CCCCN1C(=O)C(C2CC2)NC(=O)C1(C)C. The second-order valence-corrected chi connectivity index (χ2v) is 5.69. The van der Waals surface area contributed by atoms with Gasteiger partial charge in [-0.3, -0.25) is 9.59 Å². The average molecular weight is 238 g/mol. The molecule has 0 spiro atoms. The van der Waals surface area contributed by atoms with E-state index >= 15 is 0 Å². The minimum atomic E-state index is -0.697. The summed E-state index contributed by atoms with van der Waals surface area (Å²) < 4.78 is 0. The van der Waals surface area contributed by atoms with E-state index < -0.39 is 5.54 Å². The molecule has 1 aliphatic heterocycles. The van der Waals surface area contributed by atoms with Crippen LogP contribution in [0.25, 0.3) is 0 Å². The molecule has 0 aromatic rings. The van der Waals surface area contributed by atoms with E-state index in [0.29, 0.717) is 12.5 Å². The first-order chi connectivity index (χ1) is 7.98. The topological polar surface area (TPSA) is 49.4 Å². The molecule has 1 heterocycles. The highest BCUT2D eigenvalue weighted by Gasteiger charge is 2.50. The maximum absolute atomic E-state index is 12.4. The van der Waals surface area contributed by atoms with E-state index in [-0.39, 0.29) is 17.9 Å². The number of nitrogens with one attached hydrogen (secondary N) is 1. The van der Waals surface area contributed by atoms with Gasteiger partial charge in [-0.25, -0.2) is 0 Å². The molecule has 2 rings (SSSR count). The molecule has 1 unspecified atom stereocenters. The first-order valence-electron chi connectivity index (χ1n) is 6.61. The Kier molecular flexibility index (Phi) is 3.15. The maximum Gasteiger partial charge on any atom is 0.246 e. The van der Waals surface area contributed by atoms with Crippen LogP contribution in [0.3, 0.4) is 0 Å². The Labute approximate surface area is 103 Å². The van der Waals surface area contributed by atoms with Gasteiger partial charge in [0.2, 0.25) is 11.8 Å². The zero-order chi connectivity index (χ0) is 12.6. The van der Waals surface area contributed by atoms with Gasteiger partial charge in [-0.2, -0.15) is 0 Å². The summed E-state index contributed by atoms with van der Waals surface area (Å²) in [6, 6.07) is -0.257. The fraction of sp³-hybridized carbons (Fsp3) is 0.846. The van der Waals surface area contributed by atoms with E-state index in [1.165, 1.54) is 0 Å². The van der Waals surface area contributed by atoms with Gasteiger partial charge in [0.1, 0.15) is 11.6 Å². The van der Waals surface area contributed by atoms with Crippen molar-refractivity contribution in [3.63, 3.8) is 0 Å². The number of hydrogen-bond acceptors (Lipinski definition) is 2. The number of hydrogen-bond donors (Lipinski definition) is 1. The predicted octanol–water partition coefficient (Wildman–Crippen LogP) is 1.30. The lowest BCUT2D eigenvalue weighted by atomic mass is 9.93. The van der Waals surface area contributed by atoms with Crippen LogP contribution in [0.1, 0.15) is 46.5 Å². The molecule has 1 saturated heterocycles. The smallest absolute Gasteiger partial charge is 0.246 e. The van der Waals surface area contributed by atoms with Gasteiger partial charge in [0, 0.05) is 6.54 Å². The standard InChI is InChI=1S/C13H22N2O2/c1-4-5-8-15-11(16)10(9-6-7-9)14-12(17)13(15,2)3/h9-10H,4-8H2,1-3H3,(H,14,17). The lowest BCUT2D eigenvalue weighted by Gasteiger charge is -2.44. The van der Waals surface area contributed by atoms with Crippen LogP contribution in [0.4, 0.5) is 0 Å². The quantitative estimate of drug-likeness (QED) is 0.802. The summed E-state index contributed by atoms with van der Waals surface area (Å²) >= 11 is 0. The Balaban J connectivity index is 2.16. The molecule has 2 aliphatic rings. The summed E-state index contributed by atoms with van der Waals surface area (Å²) in [6.45, 7) is 6.46. The second-order valence-electron chi connectivity index (χ2n) is 5.69. The van der Waals surface area contributed by atoms with Crippen molar-refractivity contribution in [1.82, 2.24) is 10.2 Å². The molecular weight excluding hydrogens is 216 g/mol. The highest BCUT2D eigenvalue weighted by molar-refractivity contribution is 5.99. The molecule has 1 aliphatic carbocycles. The number of unbranched alkanes of at least 4 members (excludes halogenated alkanes) is 1. The lowest BCUT2D eigenvalue weighted by Crippen LogP contribution is -2.68. The summed E-state index contributed by atoms with van der Waals surface area (Å²) in [5, 5.41) is 2.89. The Morgan fingerprint density at radius 3 is 2.53 bits per heavy atom. The van der Waals surface area contributed by atoms with Crippen LogP contribution in [0.5, 0.6) is 0 Å². The van der Waals surface area contributed by atoms with Gasteiger partial charge >= 0.3 is 0 Å². The third kappa shape index (κ3) is 2.17. The minimum absolute atomic E-state index is 0.00916. The van der Waals surface area contributed by atoms with Gasteiger partial charge in [-0.15, -0.1) is 0 Å². The Hall–Kier alpha value is -1.06. The largest absolute Gasteiger partial charge is 0.342 e. The molecule has 17 heavy (non-hydrogen) atoms. The van der Waals surface area contributed by atoms with Crippen LogP contribution >= 0.6 is 0 Å². The van der Waals surface area contributed by atoms with Crippen LogP contribution in [0, 0.1) is 5.92 Å². The molecule has 1 saturated carbocycles. The van der Waals surface area contributed by atoms with Crippen LogP contribution in [0.15, 0.2) is 0 Å². The zero-order valence-corrected chi connectivity index (χ0v) is 11.0. The third-order valence-corrected chi connectivity index (χ3v) is 3.88. The van der Waals surface area contributed by atoms with Crippen molar-refractivity contribution in [1.29, 1.82) is 0 Å². The van der Waals surface area contributed by atoms with E-state index in [4.69, 9.17) is 0 Å². The number of carbonyl (C=O) groups excluding carboxylic acids is 2. The average Bonchev–Trinajstić information content (AvgIpc) is 3.07. The van der Waals surface area contributed by atoms with E-state index in [0.717, 1.165) is 25.7 Å². The molecule has 0 radical (unpaired) electrons. The fourth-order valence-electron chi connectivity index (χ4n) is 2.40. The maximum atomic E-state index is 12.4. The van der Waals surface area contributed by atoms with E-state index in [1.807, 2.05) is 13.8 Å². The highest BCUT2D eigenvalue weighted by atomic mass is 16.2. The van der Waals surface area contributed by atoms with Gasteiger partial charge in [-0.1, -0.05) is 13.3 Å². The molecular formula is C13H22N2O2. The summed E-state index contributed by atoms with van der Waals surface area (Å²) in [5.41, 5.74) is -0.697. The summed E-state index contributed by atoms with van der Waals surface area (Å²) in [4.78, 5) is 26.2. The lowest BCUT2D eigenvalue weighted by molar-refractivity contribution is -0.156. The predicted molar refractivity (Wildman–Crippen MR) is 65.4 cm³/mol. The van der Waals surface area contributed by atoms with E-state index in [2.05, 4.69) is 12.2 Å². The zero-order valence-electron chi connectivity index (χ0n) is 11.0. The Morgan fingerprint density at radius 2 is 2.00 bits per heavy atom. The summed E-state index contributed by atoms with van der Waals surface area (Å²) in [7, 11) is 0. The fourth-order valence-corrected chi connectivity index (χ4v) is 2.40. The van der Waals surface area contributed by atoms with Crippen LogP contribution in [-0.4, -0.2) is 34.8 Å². The van der Waals surface area contributed by atoms with Gasteiger partial charge in [0.25, 0.3) is 0 Å². The number of rotatable bonds is 4. The van der Waals surface area contributed by atoms with Gasteiger partial charge in [-0.05, 0) is 39.0 Å². The molecule has 2 fully saturated rings. The Morgan fingerprint density at radius 1 is 1.35 bits per heavy atom. The number of amides is 2. The van der Waals surface area contributed by atoms with Crippen LogP contribution in [-0.2, 0) is 9.59 Å². The number of carbonyl (C=O) groups is 2. The molecule has 2 amide bonds. The van der Waals surface area contributed by atoms with Crippen LogP contribution in [0.2, 0.25) is 0 Å². The van der Waals surface area contributed by atoms with Crippen molar-refractivity contribution < 1.29 is 9.59 Å². The summed E-state index contributed by atoms with van der Waals surface area (Å²) in [5.74, 6) is 0.488. The minimum Gasteiger partial charge on any atom is -0.342 e. The summed E-state index contributed by atoms with van der Waals surface area (Å²) in [6.07, 6.45) is 4.13. The first-order valence-corrected chi connectivity index (χ1v) is 6.61. The van der Waals surface area contributed by atoms with E-state index in [9.17, 15) is 9.59 Å². The molecule has 0 aromatic carbocycles. The van der Waals surface area contributed by atoms with Crippen LogP contribution < -0.4 is 5.32 Å². The van der Waals surface area contributed by atoms with Crippen molar-refractivity contribution in [2.75, 3.05) is 6.54 Å². The van der Waals surface area contributed by atoms with Crippen molar-refractivity contribution in [3.8, 4) is 0 Å². The van der Waals surface area contributed by atoms with Crippen molar-refractivity contribution in [3.05, 3.63) is 0 Å².